The van der Waals surface area contributed by atoms with E-state index in [1.54, 1.807) is 24.8 Å². The van der Waals surface area contributed by atoms with Crippen molar-refractivity contribution < 1.29 is 9.53 Å². The number of rotatable bonds is 5. The number of nitrogens with zero attached hydrogens (tertiary/aromatic N) is 5. The lowest BCUT2D eigenvalue weighted by atomic mass is 10.1. The molecule has 3 aromatic rings. The predicted molar refractivity (Wildman–Crippen MR) is 96.5 cm³/mol. The molecule has 7 nitrogen and oxygen atoms in total. The molecule has 1 saturated heterocycles. The summed E-state index contributed by atoms with van der Waals surface area (Å²) in [7, 11) is 0. The molecule has 26 heavy (non-hydrogen) atoms. The van der Waals surface area contributed by atoms with Crippen LogP contribution < -0.4 is 0 Å². The van der Waals surface area contributed by atoms with Gasteiger partial charge in [-0.25, -0.2) is 0 Å². The molecule has 4 heterocycles. The van der Waals surface area contributed by atoms with Crippen LogP contribution in [-0.4, -0.2) is 63.7 Å². The van der Waals surface area contributed by atoms with Crippen LogP contribution in [0.1, 0.15) is 5.69 Å². The molecule has 0 radical (unpaired) electrons. The molecule has 0 amide bonds. The van der Waals surface area contributed by atoms with Gasteiger partial charge >= 0.3 is 0 Å². The van der Waals surface area contributed by atoms with Gasteiger partial charge in [0.2, 0.25) is 0 Å². The highest BCUT2D eigenvalue weighted by Crippen LogP contribution is 2.21. The largest absolute Gasteiger partial charge is 0.379 e. The number of ether oxygens (including phenoxy) is 1. The average molecular weight is 349 g/mol. The summed E-state index contributed by atoms with van der Waals surface area (Å²) in [6.45, 7) is 3.47. The third kappa shape index (κ3) is 3.89. The minimum Gasteiger partial charge on any atom is -0.379 e. The maximum atomic E-state index is 12.4. The van der Waals surface area contributed by atoms with Gasteiger partial charge in [-0.1, -0.05) is 0 Å². The van der Waals surface area contributed by atoms with Gasteiger partial charge < -0.3 is 4.74 Å². The summed E-state index contributed by atoms with van der Waals surface area (Å²) in [6, 6.07) is 5.82. The maximum Gasteiger partial charge on any atom is 0.152 e. The van der Waals surface area contributed by atoms with E-state index in [2.05, 4.69) is 25.1 Å². The van der Waals surface area contributed by atoms with E-state index in [4.69, 9.17) is 4.74 Å². The van der Waals surface area contributed by atoms with Crippen molar-refractivity contribution in [2.24, 2.45) is 0 Å². The number of hydrogen-bond acceptors (Lipinski definition) is 7. The number of morpholine rings is 1. The monoisotopic (exact) mass is 349 g/mol. The summed E-state index contributed by atoms with van der Waals surface area (Å²) in [5.74, 6) is 0.173. The molecule has 0 spiro atoms. The molecule has 0 N–H and O–H groups in total. The van der Waals surface area contributed by atoms with Crippen molar-refractivity contribution in [2.45, 2.75) is 6.42 Å². The number of fused-ring (bicyclic) bond motifs is 1. The van der Waals surface area contributed by atoms with E-state index in [1.807, 2.05) is 18.2 Å². The molecule has 132 valence electrons. The Labute approximate surface area is 151 Å². The van der Waals surface area contributed by atoms with E-state index >= 15 is 0 Å². The van der Waals surface area contributed by atoms with Crippen molar-refractivity contribution in [3.63, 3.8) is 0 Å². The Morgan fingerprint density at radius 1 is 1.04 bits per heavy atom. The SMILES string of the molecule is O=C(Cc1cc2cc(-c3ccnnc3)ncc2cn1)CN1CCOCC1. The predicted octanol–water partition coefficient (Wildman–Crippen LogP) is 1.53. The molecular formula is C19H19N5O2. The van der Waals surface area contributed by atoms with Crippen LogP contribution in [0.3, 0.4) is 0 Å². The van der Waals surface area contributed by atoms with Crippen LogP contribution >= 0.6 is 0 Å². The lowest BCUT2D eigenvalue weighted by Crippen LogP contribution is -2.39. The van der Waals surface area contributed by atoms with Crippen LogP contribution in [0, 0.1) is 0 Å². The first-order valence-electron chi connectivity index (χ1n) is 8.61. The summed E-state index contributed by atoms with van der Waals surface area (Å²) in [4.78, 5) is 23.4. The molecule has 4 rings (SSSR count). The Balaban J connectivity index is 1.51. The van der Waals surface area contributed by atoms with Crippen LogP contribution in [0.5, 0.6) is 0 Å². The molecule has 1 aliphatic heterocycles. The van der Waals surface area contributed by atoms with Crippen molar-refractivity contribution in [1.82, 2.24) is 25.1 Å². The zero-order valence-corrected chi connectivity index (χ0v) is 14.3. The summed E-state index contributed by atoms with van der Waals surface area (Å²) in [6.07, 6.45) is 7.22. The normalized spacial score (nSPS) is 15.2. The topological polar surface area (TPSA) is 81.1 Å². The first-order chi connectivity index (χ1) is 12.8. The van der Waals surface area contributed by atoms with Gasteiger partial charge in [0.1, 0.15) is 0 Å². The maximum absolute atomic E-state index is 12.4. The Morgan fingerprint density at radius 2 is 1.88 bits per heavy atom. The van der Waals surface area contributed by atoms with Crippen LogP contribution in [0.4, 0.5) is 0 Å². The van der Waals surface area contributed by atoms with E-state index < -0.39 is 0 Å². The van der Waals surface area contributed by atoms with Gasteiger partial charge in [-0.15, -0.1) is 0 Å². The van der Waals surface area contributed by atoms with Crippen LogP contribution in [0.25, 0.3) is 22.0 Å². The number of carbonyl (C=O) groups excluding carboxylic acids is 1. The van der Waals surface area contributed by atoms with Crippen molar-refractivity contribution in [2.75, 3.05) is 32.8 Å². The van der Waals surface area contributed by atoms with Crippen LogP contribution in [-0.2, 0) is 16.0 Å². The standard InChI is InChI=1S/C19H19N5O2/c25-18(13-24-3-5-26-6-4-24)9-17-7-15-8-19(14-1-2-22-23-12-14)21-11-16(15)10-20-17/h1-2,7-8,10-12H,3-6,9,13H2. The molecule has 1 aliphatic rings. The Bertz CT molecular complexity index is 910. The highest BCUT2D eigenvalue weighted by molar-refractivity contribution is 5.87. The zero-order valence-electron chi connectivity index (χ0n) is 14.3. The van der Waals surface area contributed by atoms with Crippen molar-refractivity contribution in [3.8, 4) is 11.3 Å². The van der Waals surface area contributed by atoms with E-state index in [0.717, 1.165) is 40.8 Å². The van der Waals surface area contributed by atoms with Gasteiger partial charge in [-0.3, -0.25) is 19.7 Å². The summed E-state index contributed by atoms with van der Waals surface area (Å²) >= 11 is 0. The van der Waals surface area contributed by atoms with Gasteiger partial charge in [0.05, 0.1) is 44.3 Å². The van der Waals surface area contributed by atoms with Crippen molar-refractivity contribution in [3.05, 3.63) is 48.7 Å². The molecule has 0 aromatic carbocycles. The third-order valence-electron chi connectivity index (χ3n) is 4.42. The fraction of sp³-hybridized carbons (Fsp3) is 0.316. The second-order valence-corrected chi connectivity index (χ2v) is 6.33. The summed E-state index contributed by atoms with van der Waals surface area (Å²) < 4.78 is 5.32. The Kier molecular flexibility index (Phi) is 4.90. The molecule has 0 bridgehead atoms. The Hall–Kier alpha value is -2.77. The first kappa shape index (κ1) is 16.7. The number of Topliss-reactive ketones (excluding diaryl/α,β-unsaturated/α-hetero) is 1. The third-order valence-corrected chi connectivity index (χ3v) is 4.42. The fourth-order valence-corrected chi connectivity index (χ4v) is 3.05. The van der Waals surface area contributed by atoms with Gasteiger partial charge in [0, 0.05) is 42.1 Å². The average Bonchev–Trinajstić information content (AvgIpc) is 2.69. The summed E-state index contributed by atoms with van der Waals surface area (Å²) in [5, 5.41) is 9.64. The first-order valence-corrected chi connectivity index (χ1v) is 8.61. The number of pyridine rings is 2. The number of carbonyl (C=O) groups is 1. The van der Waals surface area contributed by atoms with E-state index in [0.29, 0.717) is 26.2 Å². The molecule has 3 aromatic heterocycles. The zero-order chi connectivity index (χ0) is 17.8. The number of ketones is 1. The van der Waals surface area contributed by atoms with Gasteiger partial charge in [0.15, 0.2) is 5.78 Å². The highest BCUT2D eigenvalue weighted by atomic mass is 16.5. The van der Waals surface area contributed by atoms with E-state index in [1.165, 1.54) is 0 Å². The fourth-order valence-electron chi connectivity index (χ4n) is 3.05. The van der Waals surface area contributed by atoms with Crippen LogP contribution in [0.2, 0.25) is 0 Å². The van der Waals surface area contributed by atoms with Gasteiger partial charge in [-0.2, -0.15) is 10.2 Å². The molecule has 0 aliphatic carbocycles. The quantitative estimate of drug-likeness (QED) is 0.691. The van der Waals surface area contributed by atoms with E-state index in [9.17, 15) is 4.79 Å². The molecule has 7 heteroatoms. The van der Waals surface area contributed by atoms with Crippen LogP contribution in [0.15, 0.2) is 43.0 Å². The van der Waals surface area contributed by atoms with Gasteiger partial charge in [-0.05, 0) is 23.6 Å². The lowest BCUT2D eigenvalue weighted by molar-refractivity contribution is -0.120. The molecule has 0 unspecified atom stereocenters. The number of aromatic nitrogens is 4. The second kappa shape index (κ2) is 7.63. The Morgan fingerprint density at radius 3 is 2.69 bits per heavy atom. The molecule has 0 saturated carbocycles. The molecule has 0 atom stereocenters. The van der Waals surface area contributed by atoms with Gasteiger partial charge in [0.25, 0.3) is 0 Å². The lowest BCUT2D eigenvalue weighted by Gasteiger charge is -2.25. The van der Waals surface area contributed by atoms with Crippen molar-refractivity contribution >= 4 is 16.6 Å². The second-order valence-electron chi connectivity index (χ2n) is 6.33. The minimum absolute atomic E-state index is 0.173. The van der Waals surface area contributed by atoms with Crippen molar-refractivity contribution in [1.29, 1.82) is 0 Å². The summed E-state index contributed by atoms with van der Waals surface area (Å²) in [5.41, 5.74) is 2.51. The molecular weight excluding hydrogens is 330 g/mol. The number of hydrogen-bond donors (Lipinski definition) is 0. The highest BCUT2D eigenvalue weighted by Gasteiger charge is 2.15. The minimum atomic E-state index is 0.173. The van der Waals surface area contributed by atoms with E-state index in [-0.39, 0.29) is 5.78 Å². The smallest absolute Gasteiger partial charge is 0.152 e. The molecule has 1 fully saturated rings.